The van der Waals surface area contributed by atoms with Crippen LogP contribution in [-0.2, 0) is 17.4 Å². The Morgan fingerprint density at radius 2 is 1.73 bits per heavy atom. The van der Waals surface area contributed by atoms with Crippen molar-refractivity contribution in [3.63, 3.8) is 0 Å². The average molecular weight is 307 g/mol. The molecule has 1 aromatic carbocycles. The fraction of sp³-hybridized carbons (Fsp3) is 0.412. The van der Waals surface area contributed by atoms with Crippen molar-refractivity contribution >= 4 is 0 Å². The van der Waals surface area contributed by atoms with Gasteiger partial charge >= 0.3 is 0 Å². The summed E-state index contributed by atoms with van der Waals surface area (Å²) in [5, 5.41) is 23.4. The second-order valence-electron chi connectivity index (χ2n) is 4.61. The summed E-state index contributed by atoms with van der Waals surface area (Å²) < 4.78 is 110. The zero-order valence-corrected chi connectivity index (χ0v) is 11.2. The highest BCUT2D eigenvalue weighted by atomic mass is 15.3. The molecule has 112 valence electrons. The number of nitrogens with zero attached hydrogens (tertiary/aromatic N) is 5. The predicted molar refractivity (Wildman–Crippen MR) is 82.8 cm³/mol. The fourth-order valence-electron chi connectivity index (χ4n) is 1.77. The van der Waals surface area contributed by atoms with Gasteiger partial charge in [0.05, 0.1) is 29.5 Å². The smallest absolute Gasteiger partial charge is 0.137 e. The zero-order chi connectivity index (χ0) is 28.1. The lowest BCUT2D eigenvalue weighted by Gasteiger charge is -2.23. The van der Waals surface area contributed by atoms with Gasteiger partial charge in [0, 0.05) is 16.4 Å². The van der Waals surface area contributed by atoms with E-state index in [0.29, 0.717) is 6.07 Å². The number of aromatic nitrogens is 3. The SMILES string of the molecule is [2H]c1nc([2H])n(Cc2cc(C(C#N)(C([2H])([2H])[2H])C([2H])([2H])[2H])cc(C(C#N)(C([2H])([2H])[2H])C([2H])([2H])[2H])c2)n1. The summed E-state index contributed by atoms with van der Waals surface area (Å²) in [7, 11) is 0. The van der Waals surface area contributed by atoms with Crippen LogP contribution in [-0.4, -0.2) is 14.8 Å². The molecule has 0 amide bonds. The van der Waals surface area contributed by atoms with Gasteiger partial charge in [-0.1, -0.05) is 18.2 Å². The second kappa shape index (κ2) is 5.61. The third-order valence-corrected chi connectivity index (χ3v) is 2.91. The second-order valence-corrected chi connectivity index (χ2v) is 4.61. The largest absolute Gasteiger partial charge is 0.249 e. The quantitative estimate of drug-likeness (QED) is 0.870. The molecule has 0 aliphatic carbocycles. The lowest BCUT2D eigenvalue weighted by atomic mass is 9.79. The van der Waals surface area contributed by atoms with Gasteiger partial charge in [-0.25, -0.2) is 9.67 Å². The molecule has 1 aromatic heterocycles. The van der Waals surface area contributed by atoms with Gasteiger partial charge in [0.25, 0.3) is 0 Å². The topological polar surface area (TPSA) is 78.3 Å². The Hall–Kier alpha value is -2.66. The lowest BCUT2D eigenvalue weighted by molar-refractivity contribution is 0.646. The molecule has 0 aliphatic heterocycles. The molecular formula is C17H19N5. The molecular weight excluding hydrogens is 274 g/mol. The van der Waals surface area contributed by atoms with E-state index in [4.69, 9.17) is 19.2 Å². The minimum Gasteiger partial charge on any atom is -0.249 e. The molecule has 0 fully saturated rings. The van der Waals surface area contributed by atoms with Gasteiger partial charge in [-0.05, 0) is 44.1 Å². The molecule has 0 saturated heterocycles. The maximum absolute atomic E-state index is 9.86. The highest BCUT2D eigenvalue weighted by molar-refractivity contribution is 5.42. The summed E-state index contributed by atoms with van der Waals surface area (Å²) >= 11 is 0. The molecule has 0 N–H and O–H groups in total. The van der Waals surface area contributed by atoms with Crippen molar-refractivity contribution < 1.29 is 19.2 Å². The molecule has 22 heavy (non-hydrogen) atoms. The van der Waals surface area contributed by atoms with Crippen LogP contribution in [0.3, 0.4) is 0 Å². The van der Waals surface area contributed by atoms with Crippen molar-refractivity contribution in [1.29, 1.82) is 10.5 Å². The Bertz CT molecular complexity index is 1120. The van der Waals surface area contributed by atoms with Gasteiger partial charge < -0.3 is 0 Å². The normalized spacial score (nSPS) is 23.4. The Balaban J connectivity index is 3.10. The molecule has 0 saturated carbocycles. The average Bonchev–Trinajstić information content (AvgIpc) is 2.95. The number of benzene rings is 1. The van der Waals surface area contributed by atoms with Crippen LogP contribution in [0.1, 0.15) is 63.3 Å². The van der Waals surface area contributed by atoms with Gasteiger partial charge in [0.15, 0.2) is 0 Å². The summed E-state index contributed by atoms with van der Waals surface area (Å²) in [4.78, 5) is 3.46. The zero-order valence-electron chi connectivity index (χ0n) is 25.2. The number of hydrogen-bond donors (Lipinski definition) is 0. The molecule has 0 unspecified atom stereocenters. The highest BCUT2D eigenvalue weighted by Gasteiger charge is 2.26. The first kappa shape index (κ1) is 5.52. The van der Waals surface area contributed by atoms with Crippen LogP contribution in [0.15, 0.2) is 30.8 Å². The molecule has 1 heterocycles. The molecule has 2 rings (SSSR count). The lowest BCUT2D eigenvalue weighted by Crippen LogP contribution is -2.20. The first-order valence-corrected chi connectivity index (χ1v) is 5.94. The van der Waals surface area contributed by atoms with E-state index < -0.39 is 68.5 Å². The van der Waals surface area contributed by atoms with E-state index in [1.165, 1.54) is 12.1 Å². The standard InChI is InChI=1S/C17H19N5/c1-16(2,9-18)14-5-13(8-22-12-20-11-21-22)6-15(7-14)17(3,4)10-19/h5-7,11-12H,8H2,1-4H3/i1D3,2D3,3D3,4D3,11D,12D. The van der Waals surface area contributed by atoms with Crippen LogP contribution in [0, 0.1) is 22.7 Å². The van der Waals surface area contributed by atoms with Crippen molar-refractivity contribution in [3.8, 4) is 12.1 Å². The molecule has 0 aliphatic rings. The van der Waals surface area contributed by atoms with E-state index in [-0.39, 0.29) is 5.56 Å². The van der Waals surface area contributed by atoms with Crippen molar-refractivity contribution in [2.24, 2.45) is 0 Å². The Kier molecular flexibility index (Phi) is 1.41. The van der Waals surface area contributed by atoms with E-state index >= 15 is 0 Å². The van der Waals surface area contributed by atoms with E-state index in [1.807, 2.05) is 0 Å². The molecule has 0 bridgehead atoms. The van der Waals surface area contributed by atoms with Crippen molar-refractivity contribution in [2.45, 2.75) is 44.8 Å². The maximum atomic E-state index is 9.86. The minimum atomic E-state index is -3.51. The molecule has 0 radical (unpaired) electrons. The molecule has 5 nitrogen and oxygen atoms in total. The van der Waals surface area contributed by atoms with Crippen LogP contribution in [0.5, 0.6) is 0 Å². The van der Waals surface area contributed by atoms with Gasteiger partial charge in [-0.3, -0.25) is 0 Å². The summed E-state index contributed by atoms with van der Waals surface area (Å²) in [5.74, 6) is 0. The monoisotopic (exact) mass is 307 g/mol. The van der Waals surface area contributed by atoms with Crippen molar-refractivity contribution in [1.82, 2.24) is 14.8 Å². The molecule has 5 heteroatoms. The summed E-state index contributed by atoms with van der Waals surface area (Å²) in [6, 6.07) is 5.09. The van der Waals surface area contributed by atoms with E-state index in [2.05, 4.69) is 10.1 Å². The first-order chi connectivity index (χ1) is 16.1. The van der Waals surface area contributed by atoms with E-state index in [0.717, 1.165) is 16.8 Å². The minimum absolute atomic E-state index is 0.179. The first-order valence-electron chi connectivity index (χ1n) is 12.9. The van der Waals surface area contributed by atoms with Crippen LogP contribution < -0.4 is 0 Å². The van der Waals surface area contributed by atoms with Crippen molar-refractivity contribution in [3.05, 3.63) is 47.5 Å². The van der Waals surface area contributed by atoms with Gasteiger partial charge in [0.1, 0.15) is 15.3 Å². The fourth-order valence-corrected chi connectivity index (χ4v) is 1.77. The van der Waals surface area contributed by atoms with Gasteiger partial charge in [-0.15, -0.1) is 0 Å². The van der Waals surface area contributed by atoms with Gasteiger partial charge in [0.2, 0.25) is 0 Å². The van der Waals surface area contributed by atoms with Crippen LogP contribution >= 0.6 is 0 Å². The summed E-state index contributed by atoms with van der Waals surface area (Å²) in [5.41, 5.74) is -8.22. The number of hydrogen-bond acceptors (Lipinski definition) is 4. The van der Waals surface area contributed by atoms with Crippen LogP contribution in [0.2, 0.25) is 0 Å². The predicted octanol–water partition coefficient (Wildman–Crippen LogP) is 2.93. The summed E-state index contributed by atoms with van der Waals surface area (Å²) in [6.07, 6.45) is -1.10. The van der Waals surface area contributed by atoms with E-state index in [9.17, 15) is 10.5 Å². The number of rotatable bonds is 4. The van der Waals surface area contributed by atoms with Crippen molar-refractivity contribution in [2.75, 3.05) is 0 Å². The van der Waals surface area contributed by atoms with Crippen LogP contribution in [0.25, 0.3) is 0 Å². The maximum Gasteiger partial charge on any atom is 0.137 e. The van der Waals surface area contributed by atoms with Gasteiger partial charge in [-0.2, -0.15) is 15.6 Å². The summed E-state index contributed by atoms with van der Waals surface area (Å²) in [6.45, 7) is -14.6. The molecule has 0 atom stereocenters. The van der Waals surface area contributed by atoms with Crippen LogP contribution in [0.4, 0.5) is 0 Å². The third kappa shape index (κ3) is 3.15. The Morgan fingerprint density at radius 3 is 2.14 bits per heavy atom. The number of nitriles is 2. The Labute approximate surface area is 150 Å². The molecule has 0 spiro atoms. The highest BCUT2D eigenvalue weighted by Crippen LogP contribution is 2.30. The Morgan fingerprint density at radius 1 is 1.14 bits per heavy atom. The van der Waals surface area contributed by atoms with E-state index in [1.54, 1.807) is 0 Å². The molecule has 2 aromatic rings. The third-order valence-electron chi connectivity index (χ3n) is 2.91.